The summed E-state index contributed by atoms with van der Waals surface area (Å²) in [7, 11) is 0. The van der Waals surface area contributed by atoms with Gasteiger partial charge in [-0.1, -0.05) is 11.6 Å². The highest BCUT2D eigenvalue weighted by Crippen LogP contribution is 2.29. The van der Waals surface area contributed by atoms with Crippen LogP contribution in [-0.2, 0) is 0 Å². The summed E-state index contributed by atoms with van der Waals surface area (Å²) in [6, 6.07) is 5.39. The lowest BCUT2D eigenvalue weighted by molar-refractivity contribution is 0.0487. The number of hydrogen-bond donors (Lipinski definition) is 3. The third kappa shape index (κ3) is 2.55. The second-order valence-corrected chi connectivity index (χ2v) is 4.54. The minimum absolute atomic E-state index is 0.103. The maximum Gasteiger partial charge on any atom is 0.0588 e. The summed E-state index contributed by atoms with van der Waals surface area (Å²) in [5.41, 5.74) is 7.38. The van der Waals surface area contributed by atoms with E-state index in [1.54, 1.807) is 12.1 Å². The lowest BCUT2D eigenvalue weighted by Gasteiger charge is -2.31. The predicted octanol–water partition coefficient (Wildman–Crippen LogP) is 2.10. The number of hydrogen-bond acceptors (Lipinski definition) is 3. The van der Waals surface area contributed by atoms with Crippen molar-refractivity contribution >= 4 is 23.0 Å². The zero-order valence-electron chi connectivity index (χ0n) is 8.41. The summed E-state index contributed by atoms with van der Waals surface area (Å²) in [4.78, 5) is 0. The fourth-order valence-corrected chi connectivity index (χ4v) is 1.98. The Labute approximate surface area is 94.2 Å². The highest BCUT2D eigenvalue weighted by molar-refractivity contribution is 6.31. The van der Waals surface area contributed by atoms with Gasteiger partial charge in [0.15, 0.2) is 0 Å². The lowest BCUT2D eigenvalue weighted by atomic mass is 9.82. The number of aliphatic hydroxyl groups is 1. The van der Waals surface area contributed by atoms with E-state index in [-0.39, 0.29) is 6.10 Å². The molecule has 3 nitrogen and oxygen atoms in total. The van der Waals surface area contributed by atoms with Gasteiger partial charge in [0, 0.05) is 11.6 Å². The van der Waals surface area contributed by atoms with E-state index < -0.39 is 0 Å². The van der Waals surface area contributed by atoms with Gasteiger partial charge in [-0.25, -0.2) is 0 Å². The van der Waals surface area contributed by atoms with Crippen LogP contribution in [0.5, 0.6) is 0 Å². The van der Waals surface area contributed by atoms with Gasteiger partial charge in [0.05, 0.1) is 17.5 Å². The Bertz CT molecular complexity index is 350. The van der Waals surface area contributed by atoms with Gasteiger partial charge in [0.1, 0.15) is 0 Å². The minimum Gasteiger partial charge on any atom is -0.397 e. The molecule has 4 heteroatoms. The second kappa shape index (κ2) is 4.29. The van der Waals surface area contributed by atoms with Crippen LogP contribution in [0.3, 0.4) is 0 Å². The Hall–Kier alpha value is -0.930. The average Bonchev–Trinajstić information content (AvgIpc) is 2.16. The van der Waals surface area contributed by atoms with Gasteiger partial charge < -0.3 is 16.2 Å². The first-order chi connectivity index (χ1) is 7.15. The molecule has 0 heterocycles. The Morgan fingerprint density at radius 3 is 2.87 bits per heavy atom. The molecule has 0 atom stereocenters. The van der Waals surface area contributed by atoms with Crippen LogP contribution < -0.4 is 11.1 Å². The summed E-state index contributed by atoms with van der Waals surface area (Å²) >= 11 is 5.87. The molecule has 0 radical (unpaired) electrons. The Kier molecular flexibility index (Phi) is 3.03. The van der Waals surface area contributed by atoms with Crippen LogP contribution in [0.2, 0.25) is 5.02 Å². The lowest BCUT2D eigenvalue weighted by Crippen LogP contribution is -2.33. The molecule has 1 saturated carbocycles. The molecule has 0 spiro atoms. The number of halogens is 1. The number of rotatable bonds is 3. The molecule has 0 unspecified atom stereocenters. The zero-order chi connectivity index (χ0) is 10.8. The van der Waals surface area contributed by atoms with Crippen molar-refractivity contribution in [1.29, 1.82) is 0 Å². The maximum absolute atomic E-state index is 9.14. The first-order valence-electron chi connectivity index (χ1n) is 5.12. The van der Waals surface area contributed by atoms with Crippen molar-refractivity contribution in [3.8, 4) is 0 Å². The number of benzene rings is 1. The standard InChI is InChI=1S/C11H15ClN2O/c12-8-1-2-10(13)11(5-8)14-6-7-3-9(15)4-7/h1-2,5,7,9,14-15H,3-4,6,13H2. The molecule has 0 amide bonds. The summed E-state index contributed by atoms with van der Waals surface area (Å²) in [5.74, 6) is 0.554. The minimum atomic E-state index is -0.103. The number of aliphatic hydroxyl groups excluding tert-OH is 1. The molecule has 1 aromatic carbocycles. The van der Waals surface area contributed by atoms with Crippen molar-refractivity contribution in [2.24, 2.45) is 5.92 Å². The van der Waals surface area contributed by atoms with E-state index in [1.807, 2.05) is 6.07 Å². The molecule has 0 saturated heterocycles. The number of nitrogens with two attached hydrogens (primary N) is 1. The molecule has 1 aliphatic carbocycles. The van der Waals surface area contributed by atoms with Gasteiger partial charge in [-0.2, -0.15) is 0 Å². The van der Waals surface area contributed by atoms with E-state index >= 15 is 0 Å². The molecule has 1 aliphatic rings. The molecule has 15 heavy (non-hydrogen) atoms. The van der Waals surface area contributed by atoms with E-state index in [4.69, 9.17) is 22.4 Å². The average molecular weight is 227 g/mol. The van der Waals surface area contributed by atoms with E-state index in [2.05, 4.69) is 5.32 Å². The van der Waals surface area contributed by atoms with Gasteiger partial charge >= 0.3 is 0 Å². The van der Waals surface area contributed by atoms with Gasteiger partial charge in [-0.3, -0.25) is 0 Å². The Balaban J connectivity index is 1.90. The number of nitrogen functional groups attached to an aromatic ring is 1. The van der Waals surface area contributed by atoms with E-state index in [9.17, 15) is 0 Å². The predicted molar refractivity (Wildman–Crippen MR) is 63.1 cm³/mol. The summed E-state index contributed by atoms with van der Waals surface area (Å²) in [5, 5.41) is 13.1. The van der Waals surface area contributed by atoms with Crippen molar-refractivity contribution in [3.63, 3.8) is 0 Å². The zero-order valence-corrected chi connectivity index (χ0v) is 9.17. The Morgan fingerprint density at radius 1 is 1.47 bits per heavy atom. The first kappa shape index (κ1) is 10.6. The highest BCUT2D eigenvalue weighted by Gasteiger charge is 2.26. The van der Waals surface area contributed by atoms with Crippen LogP contribution in [-0.4, -0.2) is 17.8 Å². The molecular weight excluding hydrogens is 212 g/mol. The molecule has 0 aliphatic heterocycles. The van der Waals surface area contributed by atoms with E-state index in [1.165, 1.54) is 0 Å². The molecule has 2 rings (SSSR count). The highest BCUT2D eigenvalue weighted by atomic mass is 35.5. The molecule has 0 bridgehead atoms. The molecular formula is C11H15ClN2O. The van der Waals surface area contributed by atoms with Gasteiger partial charge in [-0.15, -0.1) is 0 Å². The SMILES string of the molecule is Nc1ccc(Cl)cc1NCC1CC(O)C1. The summed E-state index contributed by atoms with van der Waals surface area (Å²) < 4.78 is 0. The maximum atomic E-state index is 9.14. The van der Waals surface area contributed by atoms with Crippen LogP contribution >= 0.6 is 11.6 Å². The van der Waals surface area contributed by atoms with Crippen LogP contribution in [0.15, 0.2) is 18.2 Å². The number of anilines is 2. The largest absolute Gasteiger partial charge is 0.397 e. The smallest absolute Gasteiger partial charge is 0.0588 e. The van der Waals surface area contributed by atoms with E-state index in [0.717, 1.165) is 25.1 Å². The van der Waals surface area contributed by atoms with Crippen molar-refractivity contribution < 1.29 is 5.11 Å². The van der Waals surface area contributed by atoms with Crippen molar-refractivity contribution in [2.75, 3.05) is 17.6 Å². The normalized spacial score (nSPS) is 24.7. The monoisotopic (exact) mass is 226 g/mol. The molecule has 1 fully saturated rings. The molecule has 82 valence electrons. The van der Waals surface area contributed by atoms with Crippen molar-refractivity contribution in [2.45, 2.75) is 18.9 Å². The molecule has 0 aromatic heterocycles. The third-order valence-electron chi connectivity index (χ3n) is 2.81. The topological polar surface area (TPSA) is 58.3 Å². The van der Waals surface area contributed by atoms with Crippen LogP contribution in [0.25, 0.3) is 0 Å². The second-order valence-electron chi connectivity index (χ2n) is 4.10. The van der Waals surface area contributed by atoms with Gasteiger partial charge in [0.2, 0.25) is 0 Å². The third-order valence-corrected chi connectivity index (χ3v) is 3.04. The van der Waals surface area contributed by atoms with Crippen molar-refractivity contribution in [1.82, 2.24) is 0 Å². The fraction of sp³-hybridized carbons (Fsp3) is 0.455. The summed E-state index contributed by atoms with van der Waals surface area (Å²) in [6.45, 7) is 0.849. The molecule has 4 N–H and O–H groups in total. The van der Waals surface area contributed by atoms with Gasteiger partial charge in [-0.05, 0) is 37.0 Å². The Morgan fingerprint density at radius 2 is 2.20 bits per heavy atom. The molecule has 1 aromatic rings. The van der Waals surface area contributed by atoms with Crippen LogP contribution in [0, 0.1) is 5.92 Å². The first-order valence-corrected chi connectivity index (χ1v) is 5.50. The fourth-order valence-electron chi connectivity index (χ4n) is 1.80. The van der Waals surface area contributed by atoms with Gasteiger partial charge in [0.25, 0.3) is 0 Å². The van der Waals surface area contributed by atoms with E-state index in [0.29, 0.717) is 16.6 Å². The number of nitrogens with one attached hydrogen (secondary N) is 1. The quantitative estimate of drug-likeness (QED) is 0.692. The van der Waals surface area contributed by atoms with Crippen molar-refractivity contribution in [3.05, 3.63) is 23.2 Å². The van der Waals surface area contributed by atoms with Crippen LogP contribution in [0.1, 0.15) is 12.8 Å². The summed E-state index contributed by atoms with van der Waals surface area (Å²) in [6.07, 6.45) is 1.66. The van der Waals surface area contributed by atoms with Crippen LogP contribution in [0.4, 0.5) is 11.4 Å².